The van der Waals surface area contributed by atoms with Crippen molar-refractivity contribution in [3.8, 4) is 23.3 Å². The van der Waals surface area contributed by atoms with Gasteiger partial charge in [0, 0.05) is 5.56 Å². The van der Waals surface area contributed by atoms with Crippen LogP contribution in [0.1, 0.15) is 36.5 Å². The van der Waals surface area contributed by atoms with Crippen LogP contribution in [0, 0.1) is 11.3 Å². The van der Waals surface area contributed by atoms with Crippen LogP contribution in [-0.2, 0) is 6.61 Å². The van der Waals surface area contributed by atoms with E-state index in [0.717, 1.165) is 11.1 Å². The predicted molar refractivity (Wildman–Crippen MR) is 90.5 cm³/mol. The van der Waals surface area contributed by atoms with Gasteiger partial charge in [0.15, 0.2) is 6.61 Å². The number of aliphatic hydroxyl groups is 1. The van der Waals surface area contributed by atoms with E-state index in [1.807, 2.05) is 19.1 Å². The van der Waals surface area contributed by atoms with Crippen molar-refractivity contribution >= 4 is 0 Å². The number of aliphatic hydroxyl groups excluding tert-OH is 1. The molecule has 6 nitrogen and oxygen atoms in total. The van der Waals surface area contributed by atoms with Crippen LogP contribution in [0.4, 0.5) is 0 Å². The van der Waals surface area contributed by atoms with E-state index in [-0.39, 0.29) is 6.61 Å². The van der Waals surface area contributed by atoms with E-state index in [1.165, 1.54) is 0 Å². The maximum Gasteiger partial charge on any atom is 0.254 e. The number of nitrogens with zero attached hydrogens (tertiary/aromatic N) is 3. The highest BCUT2D eigenvalue weighted by Gasteiger charge is 2.10. The van der Waals surface area contributed by atoms with Gasteiger partial charge in [0.1, 0.15) is 5.75 Å². The molecule has 0 aliphatic carbocycles. The first kappa shape index (κ1) is 16.7. The number of rotatable bonds is 6. The maximum absolute atomic E-state index is 9.78. The van der Waals surface area contributed by atoms with Gasteiger partial charge in [0.25, 0.3) is 5.89 Å². The van der Waals surface area contributed by atoms with E-state index < -0.39 is 6.10 Å². The fourth-order valence-corrected chi connectivity index (χ4v) is 2.28. The topological polar surface area (TPSA) is 92.2 Å². The minimum absolute atomic E-state index is 0.152. The van der Waals surface area contributed by atoms with Gasteiger partial charge in [-0.1, -0.05) is 19.1 Å². The number of hydrogen-bond donors (Lipinski definition) is 1. The lowest BCUT2D eigenvalue weighted by Crippen LogP contribution is -1.97. The molecule has 0 aliphatic heterocycles. The molecule has 0 aliphatic rings. The molecule has 2 aromatic carbocycles. The molecular formula is C19H17N3O3. The molecule has 3 rings (SSSR count). The van der Waals surface area contributed by atoms with Gasteiger partial charge in [-0.3, -0.25) is 0 Å². The molecule has 3 aromatic rings. The SMILES string of the molecule is CCC(O)c1ccc(OCc2nnc(-c3ccc(C#N)cc3)o2)cc1. The molecule has 0 saturated heterocycles. The van der Waals surface area contributed by atoms with Crippen molar-refractivity contribution in [2.45, 2.75) is 26.1 Å². The van der Waals surface area contributed by atoms with Crippen LogP contribution < -0.4 is 4.74 Å². The van der Waals surface area contributed by atoms with E-state index in [9.17, 15) is 5.11 Å². The molecule has 6 heteroatoms. The first-order valence-corrected chi connectivity index (χ1v) is 7.93. The molecule has 1 aromatic heterocycles. The largest absolute Gasteiger partial charge is 0.484 e. The molecule has 0 amide bonds. The van der Waals surface area contributed by atoms with Crippen LogP contribution in [0.2, 0.25) is 0 Å². The minimum atomic E-state index is -0.458. The summed E-state index contributed by atoms with van der Waals surface area (Å²) in [6, 6.07) is 16.2. The second-order valence-corrected chi connectivity index (χ2v) is 5.47. The normalized spacial score (nSPS) is 11.7. The van der Waals surface area contributed by atoms with Crippen molar-refractivity contribution in [1.29, 1.82) is 5.26 Å². The fraction of sp³-hybridized carbons (Fsp3) is 0.211. The molecule has 0 saturated carbocycles. The van der Waals surface area contributed by atoms with Crippen LogP contribution >= 0.6 is 0 Å². The third kappa shape index (κ3) is 4.03. The van der Waals surface area contributed by atoms with Crippen LogP contribution in [0.5, 0.6) is 5.75 Å². The Morgan fingerprint density at radius 2 is 1.84 bits per heavy atom. The number of ether oxygens (including phenoxy) is 1. The van der Waals surface area contributed by atoms with E-state index in [0.29, 0.717) is 29.5 Å². The van der Waals surface area contributed by atoms with Gasteiger partial charge in [-0.2, -0.15) is 5.26 Å². The Morgan fingerprint density at radius 3 is 2.48 bits per heavy atom. The summed E-state index contributed by atoms with van der Waals surface area (Å²) >= 11 is 0. The Bertz CT molecular complexity index is 864. The zero-order chi connectivity index (χ0) is 17.6. The van der Waals surface area contributed by atoms with E-state index >= 15 is 0 Å². The van der Waals surface area contributed by atoms with Crippen molar-refractivity contribution < 1.29 is 14.3 Å². The van der Waals surface area contributed by atoms with Gasteiger partial charge in [0.05, 0.1) is 17.7 Å². The summed E-state index contributed by atoms with van der Waals surface area (Å²) in [4.78, 5) is 0. The van der Waals surface area contributed by atoms with Crippen LogP contribution in [0.3, 0.4) is 0 Å². The number of hydrogen-bond acceptors (Lipinski definition) is 6. The van der Waals surface area contributed by atoms with Gasteiger partial charge >= 0.3 is 0 Å². The Kier molecular flexibility index (Phi) is 5.07. The van der Waals surface area contributed by atoms with Crippen LogP contribution in [0.15, 0.2) is 52.9 Å². The highest BCUT2D eigenvalue weighted by atomic mass is 16.5. The Labute approximate surface area is 145 Å². The minimum Gasteiger partial charge on any atom is -0.484 e. The quantitative estimate of drug-likeness (QED) is 0.739. The first-order chi connectivity index (χ1) is 12.2. The average molecular weight is 335 g/mol. The Balaban J connectivity index is 1.62. The summed E-state index contributed by atoms with van der Waals surface area (Å²) in [6.45, 7) is 2.08. The third-order valence-electron chi connectivity index (χ3n) is 3.74. The molecule has 1 N–H and O–H groups in total. The third-order valence-corrected chi connectivity index (χ3v) is 3.74. The lowest BCUT2D eigenvalue weighted by molar-refractivity contribution is 0.173. The monoisotopic (exact) mass is 335 g/mol. The van der Waals surface area contributed by atoms with Crippen molar-refractivity contribution in [2.75, 3.05) is 0 Å². The van der Waals surface area contributed by atoms with Gasteiger partial charge in [0.2, 0.25) is 5.89 Å². The standard InChI is InChI=1S/C19H17N3O3/c1-2-17(23)14-7-9-16(10-8-14)24-12-18-21-22-19(25-18)15-5-3-13(11-20)4-6-15/h3-10,17,23H,2,12H2,1H3. The number of benzene rings is 2. The van der Waals surface area contributed by atoms with Crippen molar-refractivity contribution in [2.24, 2.45) is 0 Å². The molecular weight excluding hydrogens is 318 g/mol. The predicted octanol–water partition coefficient (Wildman–Crippen LogP) is 3.63. The number of nitriles is 1. The maximum atomic E-state index is 9.78. The van der Waals surface area contributed by atoms with Gasteiger partial charge in [-0.05, 0) is 48.4 Å². The van der Waals surface area contributed by atoms with Crippen molar-refractivity contribution in [1.82, 2.24) is 10.2 Å². The summed E-state index contributed by atoms with van der Waals surface area (Å²) in [7, 11) is 0. The van der Waals surface area contributed by atoms with Crippen molar-refractivity contribution in [3.05, 3.63) is 65.5 Å². The van der Waals surface area contributed by atoms with Crippen LogP contribution in [-0.4, -0.2) is 15.3 Å². The second kappa shape index (κ2) is 7.60. The molecule has 0 fully saturated rings. The summed E-state index contributed by atoms with van der Waals surface area (Å²) in [5.41, 5.74) is 2.18. The van der Waals surface area contributed by atoms with E-state index in [2.05, 4.69) is 16.3 Å². The molecule has 0 radical (unpaired) electrons. The molecule has 1 unspecified atom stereocenters. The summed E-state index contributed by atoms with van der Waals surface area (Å²) < 4.78 is 11.2. The van der Waals surface area contributed by atoms with Gasteiger partial charge in [-0.15, -0.1) is 10.2 Å². The second-order valence-electron chi connectivity index (χ2n) is 5.47. The molecule has 0 bridgehead atoms. The van der Waals surface area contributed by atoms with Gasteiger partial charge in [-0.25, -0.2) is 0 Å². The molecule has 1 heterocycles. The zero-order valence-electron chi connectivity index (χ0n) is 13.7. The Morgan fingerprint density at radius 1 is 1.12 bits per heavy atom. The average Bonchev–Trinajstić information content (AvgIpc) is 3.15. The molecule has 1 atom stereocenters. The fourth-order valence-electron chi connectivity index (χ4n) is 2.28. The highest BCUT2D eigenvalue weighted by molar-refractivity contribution is 5.54. The first-order valence-electron chi connectivity index (χ1n) is 7.93. The molecule has 25 heavy (non-hydrogen) atoms. The van der Waals surface area contributed by atoms with Crippen molar-refractivity contribution in [3.63, 3.8) is 0 Å². The molecule has 126 valence electrons. The summed E-state index contributed by atoms with van der Waals surface area (Å²) in [5.74, 6) is 1.40. The zero-order valence-corrected chi connectivity index (χ0v) is 13.7. The smallest absolute Gasteiger partial charge is 0.254 e. The lowest BCUT2D eigenvalue weighted by Gasteiger charge is -2.09. The van der Waals surface area contributed by atoms with Crippen LogP contribution in [0.25, 0.3) is 11.5 Å². The lowest BCUT2D eigenvalue weighted by atomic mass is 10.1. The highest BCUT2D eigenvalue weighted by Crippen LogP contribution is 2.22. The van der Waals surface area contributed by atoms with Gasteiger partial charge < -0.3 is 14.3 Å². The van der Waals surface area contributed by atoms with E-state index in [4.69, 9.17) is 14.4 Å². The summed E-state index contributed by atoms with van der Waals surface area (Å²) in [5, 5.41) is 26.5. The Hall–Kier alpha value is -3.17. The summed E-state index contributed by atoms with van der Waals surface area (Å²) in [6.07, 6.45) is 0.209. The number of aromatic nitrogens is 2. The van der Waals surface area contributed by atoms with E-state index in [1.54, 1.807) is 36.4 Å². The molecule has 0 spiro atoms.